The van der Waals surface area contributed by atoms with Gasteiger partial charge in [0.2, 0.25) is 0 Å². The Labute approximate surface area is 59.9 Å². The van der Waals surface area contributed by atoms with Crippen LogP contribution in [0.15, 0.2) is 0 Å². The molecule has 58 valence electrons. The van der Waals surface area contributed by atoms with Crippen molar-refractivity contribution in [3.05, 3.63) is 0 Å². The van der Waals surface area contributed by atoms with Gasteiger partial charge in [-0.1, -0.05) is 0 Å². The van der Waals surface area contributed by atoms with Gasteiger partial charge in [0.25, 0.3) is 0 Å². The van der Waals surface area contributed by atoms with Crippen LogP contribution in [0.1, 0.15) is 19.3 Å². The third-order valence-electron chi connectivity index (χ3n) is 2.22. The molecule has 0 amide bonds. The normalized spacial score (nSPS) is 37.5. The van der Waals surface area contributed by atoms with Gasteiger partial charge in [-0.05, 0) is 6.42 Å². The topological polar surface area (TPSA) is 38.7 Å². The van der Waals surface area contributed by atoms with Crippen LogP contribution in [0.5, 0.6) is 0 Å². The molecule has 1 N–H and O–H groups in total. The molecule has 0 radical (unpaired) electrons. The van der Waals surface area contributed by atoms with Gasteiger partial charge in [0.15, 0.2) is 5.79 Å². The molecule has 3 heteroatoms. The van der Waals surface area contributed by atoms with Crippen LogP contribution < -0.4 is 0 Å². The van der Waals surface area contributed by atoms with E-state index >= 15 is 0 Å². The van der Waals surface area contributed by atoms with Crippen LogP contribution >= 0.6 is 0 Å². The molecule has 1 spiro atoms. The van der Waals surface area contributed by atoms with Crippen LogP contribution in [-0.4, -0.2) is 30.2 Å². The Morgan fingerprint density at radius 3 is 2.50 bits per heavy atom. The summed E-state index contributed by atoms with van der Waals surface area (Å²) in [5.41, 5.74) is 0. The Morgan fingerprint density at radius 2 is 2.00 bits per heavy atom. The average Bonchev–Trinajstić information content (AvgIpc) is 2.46. The number of hydrogen-bond donors (Lipinski definition) is 1. The Morgan fingerprint density at radius 1 is 1.30 bits per heavy atom. The fourth-order valence-electron chi connectivity index (χ4n) is 1.71. The van der Waals surface area contributed by atoms with Gasteiger partial charge in [0, 0.05) is 12.8 Å². The van der Waals surface area contributed by atoms with Crippen LogP contribution in [0.2, 0.25) is 0 Å². The third-order valence-corrected chi connectivity index (χ3v) is 2.22. The van der Waals surface area contributed by atoms with Gasteiger partial charge < -0.3 is 14.6 Å². The van der Waals surface area contributed by atoms with Crippen molar-refractivity contribution >= 4 is 0 Å². The molecule has 0 aromatic heterocycles. The minimum absolute atomic E-state index is 0.210. The van der Waals surface area contributed by atoms with Gasteiger partial charge in [0.05, 0.1) is 19.3 Å². The van der Waals surface area contributed by atoms with Gasteiger partial charge in [-0.25, -0.2) is 0 Å². The summed E-state index contributed by atoms with van der Waals surface area (Å²) in [7, 11) is 0. The van der Waals surface area contributed by atoms with Gasteiger partial charge >= 0.3 is 0 Å². The maximum Gasteiger partial charge on any atom is 0.171 e. The SMILES string of the molecule is O[C@H]1CCC2(C1)OCCO2. The van der Waals surface area contributed by atoms with E-state index in [2.05, 4.69) is 0 Å². The van der Waals surface area contributed by atoms with E-state index in [0.717, 1.165) is 12.8 Å². The van der Waals surface area contributed by atoms with Crippen LogP contribution in [0.3, 0.4) is 0 Å². The number of aliphatic hydroxyl groups excluding tert-OH is 1. The maximum absolute atomic E-state index is 9.19. The van der Waals surface area contributed by atoms with Crippen molar-refractivity contribution < 1.29 is 14.6 Å². The Bertz CT molecular complexity index is 129. The van der Waals surface area contributed by atoms with Crippen LogP contribution in [0.4, 0.5) is 0 Å². The zero-order chi connectivity index (χ0) is 7.03. The van der Waals surface area contributed by atoms with Crippen molar-refractivity contribution in [2.24, 2.45) is 0 Å². The number of hydrogen-bond acceptors (Lipinski definition) is 3. The summed E-state index contributed by atoms with van der Waals surface area (Å²) in [6, 6.07) is 0. The summed E-state index contributed by atoms with van der Waals surface area (Å²) < 4.78 is 10.8. The van der Waals surface area contributed by atoms with Crippen LogP contribution in [-0.2, 0) is 9.47 Å². The van der Waals surface area contributed by atoms with Crippen LogP contribution in [0, 0.1) is 0 Å². The third kappa shape index (κ3) is 0.944. The Hall–Kier alpha value is -0.120. The molecule has 0 aromatic rings. The fourth-order valence-corrected chi connectivity index (χ4v) is 1.71. The van der Waals surface area contributed by atoms with E-state index in [1.165, 1.54) is 0 Å². The molecular weight excluding hydrogens is 132 g/mol. The molecule has 0 aromatic carbocycles. The quantitative estimate of drug-likeness (QED) is 0.530. The first-order valence-electron chi connectivity index (χ1n) is 3.77. The van der Waals surface area contributed by atoms with E-state index in [-0.39, 0.29) is 11.9 Å². The molecule has 1 saturated carbocycles. The van der Waals surface area contributed by atoms with Gasteiger partial charge in [0.1, 0.15) is 0 Å². The van der Waals surface area contributed by atoms with Crippen LogP contribution in [0.25, 0.3) is 0 Å². The second-order valence-corrected chi connectivity index (χ2v) is 3.00. The summed E-state index contributed by atoms with van der Waals surface area (Å²) in [6.07, 6.45) is 2.12. The van der Waals surface area contributed by atoms with Crippen molar-refractivity contribution in [1.82, 2.24) is 0 Å². The van der Waals surface area contributed by atoms with E-state index in [0.29, 0.717) is 19.6 Å². The first-order valence-corrected chi connectivity index (χ1v) is 3.77. The fraction of sp³-hybridized carbons (Fsp3) is 1.00. The highest BCUT2D eigenvalue weighted by Crippen LogP contribution is 2.36. The minimum atomic E-state index is -0.389. The average molecular weight is 144 g/mol. The summed E-state index contributed by atoms with van der Waals surface area (Å²) in [5, 5.41) is 9.19. The van der Waals surface area contributed by atoms with Crippen molar-refractivity contribution in [2.75, 3.05) is 13.2 Å². The van der Waals surface area contributed by atoms with Crippen molar-refractivity contribution in [1.29, 1.82) is 0 Å². The molecule has 1 saturated heterocycles. The Kier molecular flexibility index (Phi) is 1.44. The molecule has 2 fully saturated rings. The zero-order valence-electron chi connectivity index (χ0n) is 5.88. The van der Waals surface area contributed by atoms with E-state index in [9.17, 15) is 5.11 Å². The molecule has 1 aliphatic heterocycles. The summed E-state index contributed by atoms with van der Waals surface area (Å²) >= 11 is 0. The van der Waals surface area contributed by atoms with E-state index in [1.54, 1.807) is 0 Å². The lowest BCUT2D eigenvalue weighted by molar-refractivity contribution is -0.155. The first kappa shape index (κ1) is 6.58. The molecule has 0 unspecified atom stereocenters. The van der Waals surface area contributed by atoms with Crippen molar-refractivity contribution in [3.63, 3.8) is 0 Å². The zero-order valence-corrected chi connectivity index (χ0v) is 5.88. The number of rotatable bonds is 0. The molecule has 1 aliphatic carbocycles. The number of ether oxygens (including phenoxy) is 2. The molecule has 2 aliphatic rings. The van der Waals surface area contributed by atoms with E-state index in [1.807, 2.05) is 0 Å². The largest absolute Gasteiger partial charge is 0.393 e. The molecule has 3 nitrogen and oxygen atoms in total. The minimum Gasteiger partial charge on any atom is -0.393 e. The molecule has 10 heavy (non-hydrogen) atoms. The van der Waals surface area contributed by atoms with E-state index < -0.39 is 0 Å². The monoisotopic (exact) mass is 144 g/mol. The molecule has 1 atom stereocenters. The molecule has 0 bridgehead atoms. The Balaban J connectivity index is 2.03. The van der Waals surface area contributed by atoms with Gasteiger partial charge in [-0.3, -0.25) is 0 Å². The van der Waals surface area contributed by atoms with Gasteiger partial charge in [-0.2, -0.15) is 0 Å². The summed E-state index contributed by atoms with van der Waals surface area (Å²) in [6.45, 7) is 1.37. The lowest BCUT2D eigenvalue weighted by atomic mass is 10.2. The highest BCUT2D eigenvalue weighted by Gasteiger charge is 2.43. The standard InChI is InChI=1S/C7H12O3/c8-6-1-2-7(5-6)9-3-4-10-7/h6,8H,1-5H2/t6-/m0/s1. The van der Waals surface area contributed by atoms with Crippen molar-refractivity contribution in [2.45, 2.75) is 31.2 Å². The first-order chi connectivity index (χ1) is 4.81. The molecule has 2 rings (SSSR count). The highest BCUT2D eigenvalue weighted by atomic mass is 16.7. The summed E-state index contributed by atoms with van der Waals surface area (Å²) in [4.78, 5) is 0. The maximum atomic E-state index is 9.19. The van der Waals surface area contributed by atoms with E-state index in [4.69, 9.17) is 9.47 Å². The predicted octanol–water partition coefficient (Wildman–Crippen LogP) is 0.274. The van der Waals surface area contributed by atoms with Gasteiger partial charge in [-0.15, -0.1) is 0 Å². The smallest absolute Gasteiger partial charge is 0.171 e. The number of aliphatic hydroxyl groups is 1. The molecular formula is C7H12O3. The molecule has 1 heterocycles. The summed E-state index contributed by atoms with van der Waals surface area (Å²) in [5.74, 6) is -0.389. The lowest BCUT2D eigenvalue weighted by Gasteiger charge is -2.20. The lowest BCUT2D eigenvalue weighted by Crippen LogP contribution is -2.26. The second kappa shape index (κ2) is 2.19. The second-order valence-electron chi connectivity index (χ2n) is 3.00. The highest BCUT2D eigenvalue weighted by molar-refractivity contribution is 4.85. The van der Waals surface area contributed by atoms with Crippen molar-refractivity contribution in [3.8, 4) is 0 Å². The predicted molar refractivity (Wildman–Crippen MR) is 34.5 cm³/mol.